The molecule has 0 aliphatic heterocycles. The monoisotopic (exact) mass is 233 g/mol. The van der Waals surface area contributed by atoms with Gasteiger partial charge in [0.15, 0.2) is 0 Å². The highest BCUT2D eigenvalue weighted by molar-refractivity contribution is 6.03. The molecular formula is C14H19NO2. The van der Waals surface area contributed by atoms with E-state index in [1.165, 1.54) is 0 Å². The fourth-order valence-electron chi connectivity index (χ4n) is 1.52. The summed E-state index contributed by atoms with van der Waals surface area (Å²) in [5, 5.41) is 11.9. The van der Waals surface area contributed by atoms with Crippen molar-refractivity contribution in [3.8, 4) is 0 Å². The summed E-state index contributed by atoms with van der Waals surface area (Å²) in [4.78, 5) is 11.8. The van der Waals surface area contributed by atoms with Gasteiger partial charge in [-0.3, -0.25) is 4.79 Å². The molecule has 0 aliphatic carbocycles. The number of aryl methyl sites for hydroxylation is 1. The molecule has 0 spiro atoms. The van der Waals surface area contributed by atoms with Crippen molar-refractivity contribution in [1.29, 1.82) is 0 Å². The van der Waals surface area contributed by atoms with Gasteiger partial charge in [-0.1, -0.05) is 25.1 Å². The Kier molecular flexibility index (Phi) is 4.91. The first-order valence-electron chi connectivity index (χ1n) is 5.77. The third-order valence-corrected chi connectivity index (χ3v) is 2.60. The van der Waals surface area contributed by atoms with Gasteiger partial charge in [-0.2, -0.15) is 0 Å². The molecule has 1 aromatic rings. The minimum absolute atomic E-state index is 0.0209. The van der Waals surface area contributed by atoms with E-state index in [2.05, 4.69) is 5.32 Å². The molecule has 17 heavy (non-hydrogen) atoms. The van der Waals surface area contributed by atoms with E-state index in [0.717, 1.165) is 23.2 Å². The van der Waals surface area contributed by atoms with E-state index in [-0.39, 0.29) is 12.5 Å². The molecule has 1 amide bonds. The molecule has 0 radical (unpaired) electrons. The van der Waals surface area contributed by atoms with Gasteiger partial charge in [0.05, 0.1) is 6.61 Å². The molecule has 0 aromatic heterocycles. The zero-order chi connectivity index (χ0) is 12.8. The lowest BCUT2D eigenvalue weighted by molar-refractivity contribution is -0.112. The third kappa shape index (κ3) is 3.71. The second-order valence-corrected chi connectivity index (χ2v) is 4.06. The van der Waals surface area contributed by atoms with E-state index in [4.69, 9.17) is 5.11 Å². The molecule has 0 saturated carbocycles. The van der Waals surface area contributed by atoms with Crippen LogP contribution in [0.4, 0.5) is 5.69 Å². The van der Waals surface area contributed by atoms with Crippen LogP contribution in [0.25, 0.3) is 0 Å². The molecule has 3 heteroatoms. The van der Waals surface area contributed by atoms with Crippen LogP contribution in [0.15, 0.2) is 29.8 Å². The van der Waals surface area contributed by atoms with E-state index >= 15 is 0 Å². The SMILES string of the molecule is CC/C=C(/C)C(=O)Nc1cc(CO)ccc1C. The zero-order valence-corrected chi connectivity index (χ0v) is 10.6. The molecule has 0 aliphatic rings. The second-order valence-electron chi connectivity index (χ2n) is 4.06. The molecule has 3 nitrogen and oxygen atoms in total. The van der Waals surface area contributed by atoms with Crippen molar-refractivity contribution in [2.45, 2.75) is 33.8 Å². The fourth-order valence-corrected chi connectivity index (χ4v) is 1.52. The Morgan fingerprint density at radius 2 is 2.18 bits per heavy atom. The lowest BCUT2D eigenvalue weighted by Gasteiger charge is -2.10. The number of aliphatic hydroxyl groups is 1. The molecule has 0 saturated heterocycles. The number of carbonyl (C=O) groups is 1. The first kappa shape index (κ1) is 13.5. The van der Waals surface area contributed by atoms with Gasteiger partial charge in [0.25, 0.3) is 5.91 Å². The summed E-state index contributed by atoms with van der Waals surface area (Å²) in [5.41, 5.74) is 3.24. The van der Waals surface area contributed by atoms with Crippen molar-refractivity contribution < 1.29 is 9.90 Å². The smallest absolute Gasteiger partial charge is 0.250 e. The lowest BCUT2D eigenvalue weighted by Crippen LogP contribution is -2.13. The normalized spacial score (nSPS) is 11.4. The first-order valence-corrected chi connectivity index (χ1v) is 5.77. The standard InChI is InChI=1S/C14H19NO2/c1-4-5-11(3)14(17)15-13-8-12(9-16)7-6-10(13)2/h5-8,16H,4,9H2,1-3H3,(H,15,17)/b11-5-. The van der Waals surface area contributed by atoms with Gasteiger partial charge in [-0.15, -0.1) is 0 Å². The number of nitrogens with one attached hydrogen (secondary N) is 1. The zero-order valence-electron chi connectivity index (χ0n) is 10.6. The lowest BCUT2D eigenvalue weighted by atomic mass is 10.1. The number of rotatable bonds is 4. The van der Waals surface area contributed by atoms with Gasteiger partial charge >= 0.3 is 0 Å². The average molecular weight is 233 g/mol. The molecule has 1 rings (SSSR count). The Balaban J connectivity index is 2.87. The predicted molar refractivity (Wildman–Crippen MR) is 69.8 cm³/mol. The van der Waals surface area contributed by atoms with Gasteiger partial charge in [-0.25, -0.2) is 0 Å². The van der Waals surface area contributed by atoms with Crippen molar-refractivity contribution in [2.24, 2.45) is 0 Å². The maximum Gasteiger partial charge on any atom is 0.250 e. The predicted octanol–water partition coefficient (Wildman–Crippen LogP) is 2.78. The van der Waals surface area contributed by atoms with Gasteiger partial charge in [0.1, 0.15) is 0 Å². The van der Waals surface area contributed by atoms with E-state index in [0.29, 0.717) is 5.57 Å². The third-order valence-electron chi connectivity index (χ3n) is 2.60. The first-order chi connectivity index (χ1) is 8.08. The number of hydrogen-bond acceptors (Lipinski definition) is 2. The summed E-state index contributed by atoms with van der Waals surface area (Å²) in [6, 6.07) is 5.53. The number of amides is 1. The van der Waals surface area contributed by atoms with E-state index in [1.54, 1.807) is 13.0 Å². The van der Waals surface area contributed by atoms with Crippen molar-refractivity contribution in [3.63, 3.8) is 0 Å². The van der Waals surface area contributed by atoms with E-state index < -0.39 is 0 Å². The van der Waals surface area contributed by atoms with Crippen LogP contribution in [0.3, 0.4) is 0 Å². The van der Waals surface area contributed by atoms with Gasteiger partial charge < -0.3 is 10.4 Å². The maximum atomic E-state index is 11.8. The summed E-state index contributed by atoms with van der Waals surface area (Å²) < 4.78 is 0. The number of carbonyl (C=O) groups excluding carboxylic acids is 1. The van der Waals surface area contributed by atoms with Crippen molar-refractivity contribution in [3.05, 3.63) is 41.0 Å². The van der Waals surface area contributed by atoms with Crippen molar-refractivity contribution in [2.75, 3.05) is 5.32 Å². The quantitative estimate of drug-likeness (QED) is 0.786. The van der Waals surface area contributed by atoms with Crippen molar-refractivity contribution in [1.82, 2.24) is 0 Å². The molecule has 92 valence electrons. The number of anilines is 1. The van der Waals surface area contributed by atoms with Gasteiger partial charge in [-0.05, 0) is 37.5 Å². The largest absolute Gasteiger partial charge is 0.392 e. The Morgan fingerprint density at radius 1 is 1.47 bits per heavy atom. The number of hydrogen-bond donors (Lipinski definition) is 2. The summed E-state index contributed by atoms with van der Waals surface area (Å²) >= 11 is 0. The van der Waals surface area contributed by atoms with E-state index in [9.17, 15) is 4.79 Å². The van der Waals surface area contributed by atoms with Crippen LogP contribution in [0.2, 0.25) is 0 Å². The molecule has 0 unspecified atom stereocenters. The highest BCUT2D eigenvalue weighted by Crippen LogP contribution is 2.17. The molecule has 0 heterocycles. The number of allylic oxidation sites excluding steroid dienone is 1. The van der Waals surface area contributed by atoms with Crippen LogP contribution in [-0.2, 0) is 11.4 Å². The molecule has 2 N–H and O–H groups in total. The summed E-state index contributed by atoms with van der Waals surface area (Å²) in [6.07, 6.45) is 2.73. The van der Waals surface area contributed by atoms with E-state index in [1.807, 2.05) is 32.1 Å². The molecule has 0 atom stereocenters. The Labute approximate surface area is 102 Å². The minimum Gasteiger partial charge on any atom is -0.392 e. The van der Waals surface area contributed by atoms with Crippen LogP contribution >= 0.6 is 0 Å². The summed E-state index contributed by atoms with van der Waals surface area (Å²) in [7, 11) is 0. The van der Waals surface area contributed by atoms with Crippen LogP contribution in [-0.4, -0.2) is 11.0 Å². The number of aliphatic hydroxyl groups excluding tert-OH is 1. The highest BCUT2D eigenvalue weighted by Gasteiger charge is 2.06. The second kappa shape index (κ2) is 6.21. The average Bonchev–Trinajstić information content (AvgIpc) is 2.32. The fraction of sp³-hybridized carbons (Fsp3) is 0.357. The van der Waals surface area contributed by atoms with Crippen LogP contribution in [0, 0.1) is 6.92 Å². The van der Waals surface area contributed by atoms with Gasteiger partial charge in [0, 0.05) is 11.3 Å². The molecule has 0 fully saturated rings. The molecule has 0 bridgehead atoms. The van der Waals surface area contributed by atoms with Crippen molar-refractivity contribution >= 4 is 11.6 Å². The Bertz CT molecular complexity index is 436. The number of benzene rings is 1. The Morgan fingerprint density at radius 3 is 2.76 bits per heavy atom. The highest BCUT2D eigenvalue weighted by atomic mass is 16.3. The maximum absolute atomic E-state index is 11.8. The van der Waals surface area contributed by atoms with Crippen LogP contribution in [0.1, 0.15) is 31.4 Å². The molecule has 1 aromatic carbocycles. The Hall–Kier alpha value is -1.61. The van der Waals surface area contributed by atoms with Crippen LogP contribution < -0.4 is 5.32 Å². The molecular weight excluding hydrogens is 214 g/mol. The summed E-state index contributed by atoms with van der Waals surface area (Å²) in [5.74, 6) is -0.0926. The summed E-state index contributed by atoms with van der Waals surface area (Å²) in [6.45, 7) is 5.70. The van der Waals surface area contributed by atoms with Gasteiger partial charge in [0.2, 0.25) is 0 Å². The minimum atomic E-state index is -0.0926. The topological polar surface area (TPSA) is 49.3 Å². The van der Waals surface area contributed by atoms with Crippen LogP contribution in [0.5, 0.6) is 0 Å².